The maximum atomic E-state index is 13.6. The van der Waals surface area contributed by atoms with E-state index >= 15 is 0 Å². The Morgan fingerprint density at radius 1 is 1.08 bits per heavy atom. The molecule has 1 aromatic heterocycles. The Labute approximate surface area is 213 Å². The number of hydrogen-bond donors (Lipinski definition) is 5. The molecule has 5 atom stereocenters. The Balaban J connectivity index is 1.52. The number of benzene rings is 3. The smallest absolute Gasteiger partial charge is 0.254 e. The fraction of sp³-hybridized carbons (Fsp3) is 0.321. The molecule has 194 valence electrons. The number of ether oxygens (including phenoxy) is 2. The lowest BCUT2D eigenvalue weighted by Crippen LogP contribution is -2.71. The van der Waals surface area contributed by atoms with Crippen molar-refractivity contribution >= 4 is 27.6 Å². The molecule has 0 bridgehead atoms. The zero-order valence-electron chi connectivity index (χ0n) is 20.5. The fourth-order valence-electron chi connectivity index (χ4n) is 5.02. The van der Waals surface area contributed by atoms with E-state index in [2.05, 4.69) is 23.5 Å². The van der Waals surface area contributed by atoms with Gasteiger partial charge in [-0.15, -0.1) is 0 Å². The highest BCUT2D eigenvalue weighted by Crippen LogP contribution is 2.34. The van der Waals surface area contributed by atoms with E-state index in [1.54, 1.807) is 12.3 Å². The van der Waals surface area contributed by atoms with Crippen molar-refractivity contribution in [2.24, 2.45) is 0 Å². The first-order valence-corrected chi connectivity index (χ1v) is 12.0. The third-order valence-electron chi connectivity index (χ3n) is 7.20. The van der Waals surface area contributed by atoms with E-state index in [0.717, 1.165) is 21.9 Å². The standard InChI is InChI=1S/C28H30N2O7/c1-28(25(33)24(32)22(15-31)37-27(28)35)29-26(34)19-14-30(20-8-5-9-21(36-2)23(19)20)13-16-10-11-17-6-3-4-7-18(17)12-16/h3-12,14,22,24-25,27,31-33,35H,13,15H2,1-2H3,(H,29,34)/t22-,24-,25+,27?,28-/m1/s1. The number of methoxy groups -OCH3 is 1. The van der Waals surface area contributed by atoms with E-state index in [1.165, 1.54) is 14.0 Å². The van der Waals surface area contributed by atoms with Gasteiger partial charge in [-0.05, 0) is 41.5 Å². The minimum Gasteiger partial charge on any atom is -0.496 e. The van der Waals surface area contributed by atoms with Crippen LogP contribution in [0.2, 0.25) is 0 Å². The highest BCUT2D eigenvalue weighted by atomic mass is 16.6. The van der Waals surface area contributed by atoms with Gasteiger partial charge in [-0.25, -0.2) is 0 Å². The van der Waals surface area contributed by atoms with Crippen molar-refractivity contribution in [2.75, 3.05) is 13.7 Å². The van der Waals surface area contributed by atoms with Crippen molar-refractivity contribution in [2.45, 2.75) is 43.6 Å². The topological polar surface area (TPSA) is 133 Å². The number of nitrogens with one attached hydrogen (secondary N) is 1. The van der Waals surface area contributed by atoms with Gasteiger partial charge in [0.1, 0.15) is 29.6 Å². The largest absolute Gasteiger partial charge is 0.496 e. The quantitative estimate of drug-likeness (QED) is 0.269. The van der Waals surface area contributed by atoms with E-state index in [0.29, 0.717) is 17.7 Å². The van der Waals surface area contributed by atoms with Crippen LogP contribution in [-0.2, 0) is 11.3 Å². The number of hydrogen-bond acceptors (Lipinski definition) is 7. The summed E-state index contributed by atoms with van der Waals surface area (Å²) in [5.41, 5.74) is 0.343. The molecular weight excluding hydrogens is 476 g/mol. The SMILES string of the molecule is COc1cccc2c1c(C(=O)N[C@@]1(C)C(O)O[C@H](CO)[C@@H](O)[C@@H]1O)cn2Cc1ccc2ccccc2c1. The number of amides is 1. The lowest BCUT2D eigenvalue weighted by Gasteiger charge is -2.47. The van der Waals surface area contributed by atoms with Crippen LogP contribution < -0.4 is 10.1 Å². The van der Waals surface area contributed by atoms with Gasteiger partial charge < -0.3 is 39.8 Å². The highest BCUT2D eigenvalue weighted by Gasteiger charge is 2.53. The van der Waals surface area contributed by atoms with Gasteiger partial charge in [0.25, 0.3) is 5.91 Å². The molecule has 0 saturated carbocycles. The van der Waals surface area contributed by atoms with Crippen molar-refractivity contribution in [1.29, 1.82) is 0 Å². The van der Waals surface area contributed by atoms with Crippen molar-refractivity contribution in [3.63, 3.8) is 0 Å². The Bertz CT molecular complexity index is 1450. The summed E-state index contributed by atoms with van der Waals surface area (Å²) in [6.07, 6.45) is -4.25. The predicted octanol–water partition coefficient (Wildman–Crippen LogP) is 1.77. The molecule has 2 heterocycles. The third-order valence-corrected chi connectivity index (χ3v) is 7.20. The summed E-state index contributed by atoms with van der Waals surface area (Å²) in [6.45, 7) is 1.27. The molecule has 1 unspecified atom stereocenters. The number of aliphatic hydroxyl groups is 4. The molecule has 0 aliphatic carbocycles. The molecule has 3 aromatic carbocycles. The van der Waals surface area contributed by atoms with E-state index < -0.39 is 42.7 Å². The summed E-state index contributed by atoms with van der Waals surface area (Å²) in [5, 5.41) is 46.5. The van der Waals surface area contributed by atoms with Crippen LogP contribution in [0.4, 0.5) is 0 Å². The molecule has 5 N–H and O–H groups in total. The molecule has 37 heavy (non-hydrogen) atoms. The number of rotatable bonds is 6. The van der Waals surface area contributed by atoms with Crippen LogP contribution in [-0.4, -0.2) is 74.8 Å². The minimum atomic E-state index is -1.74. The zero-order chi connectivity index (χ0) is 26.3. The molecule has 5 rings (SSSR count). The Kier molecular flexibility index (Phi) is 6.65. The number of carbonyl (C=O) groups excluding carboxylic acids is 1. The van der Waals surface area contributed by atoms with Gasteiger partial charge in [-0.1, -0.05) is 42.5 Å². The van der Waals surface area contributed by atoms with Crippen molar-refractivity contribution < 1.29 is 34.7 Å². The van der Waals surface area contributed by atoms with Gasteiger partial charge in [-0.3, -0.25) is 4.79 Å². The van der Waals surface area contributed by atoms with E-state index in [9.17, 15) is 25.2 Å². The van der Waals surface area contributed by atoms with Crippen LogP contribution >= 0.6 is 0 Å². The molecule has 9 heteroatoms. The molecule has 0 radical (unpaired) electrons. The molecular formula is C28H30N2O7. The summed E-state index contributed by atoms with van der Waals surface area (Å²) < 4.78 is 12.8. The van der Waals surface area contributed by atoms with Gasteiger partial charge in [0, 0.05) is 12.7 Å². The summed E-state index contributed by atoms with van der Waals surface area (Å²) in [7, 11) is 1.52. The maximum absolute atomic E-state index is 13.6. The molecule has 1 amide bonds. The summed E-state index contributed by atoms with van der Waals surface area (Å²) >= 11 is 0. The fourth-order valence-corrected chi connectivity index (χ4v) is 5.02. The van der Waals surface area contributed by atoms with Crippen LogP contribution in [0.1, 0.15) is 22.8 Å². The van der Waals surface area contributed by atoms with Gasteiger partial charge in [0.05, 0.1) is 30.2 Å². The van der Waals surface area contributed by atoms with Crippen LogP contribution in [0.3, 0.4) is 0 Å². The number of carbonyl (C=O) groups is 1. The Morgan fingerprint density at radius 3 is 2.57 bits per heavy atom. The van der Waals surface area contributed by atoms with Crippen LogP contribution in [0, 0.1) is 0 Å². The third kappa shape index (κ3) is 4.35. The Morgan fingerprint density at radius 2 is 1.84 bits per heavy atom. The van der Waals surface area contributed by atoms with Gasteiger partial charge in [0.15, 0.2) is 6.29 Å². The number of aromatic nitrogens is 1. The van der Waals surface area contributed by atoms with E-state index in [4.69, 9.17) is 9.47 Å². The highest BCUT2D eigenvalue weighted by molar-refractivity contribution is 6.09. The van der Waals surface area contributed by atoms with Gasteiger partial charge in [-0.2, -0.15) is 0 Å². The predicted molar refractivity (Wildman–Crippen MR) is 137 cm³/mol. The minimum absolute atomic E-state index is 0.271. The zero-order valence-corrected chi connectivity index (χ0v) is 20.5. The average molecular weight is 507 g/mol. The van der Waals surface area contributed by atoms with Gasteiger partial charge in [0.2, 0.25) is 0 Å². The van der Waals surface area contributed by atoms with Crippen LogP contribution in [0.5, 0.6) is 5.75 Å². The first kappa shape index (κ1) is 25.2. The molecule has 4 aromatic rings. The summed E-state index contributed by atoms with van der Waals surface area (Å²) in [5.74, 6) is -0.1000. The number of nitrogens with zero attached hydrogens (tertiary/aromatic N) is 1. The number of fused-ring (bicyclic) bond motifs is 2. The first-order valence-electron chi connectivity index (χ1n) is 12.0. The second kappa shape index (κ2) is 9.77. The van der Waals surface area contributed by atoms with Crippen LogP contribution in [0.15, 0.2) is 66.9 Å². The lowest BCUT2D eigenvalue weighted by molar-refractivity contribution is -0.278. The van der Waals surface area contributed by atoms with Crippen LogP contribution in [0.25, 0.3) is 21.7 Å². The molecule has 0 spiro atoms. The van der Waals surface area contributed by atoms with E-state index in [-0.39, 0.29) is 5.56 Å². The van der Waals surface area contributed by atoms with Gasteiger partial charge >= 0.3 is 0 Å². The first-order chi connectivity index (χ1) is 17.8. The molecule has 9 nitrogen and oxygen atoms in total. The summed E-state index contributed by atoms with van der Waals surface area (Å²) in [4.78, 5) is 13.6. The monoisotopic (exact) mass is 506 g/mol. The average Bonchev–Trinajstić information content (AvgIpc) is 3.28. The maximum Gasteiger partial charge on any atom is 0.254 e. The van der Waals surface area contributed by atoms with Crippen molar-refractivity contribution in [1.82, 2.24) is 9.88 Å². The lowest BCUT2D eigenvalue weighted by atomic mass is 9.84. The second-order valence-electron chi connectivity index (χ2n) is 9.59. The number of aliphatic hydroxyl groups excluding tert-OH is 4. The van der Waals surface area contributed by atoms with E-state index in [1.807, 2.05) is 41.0 Å². The molecule has 1 aliphatic heterocycles. The molecule has 1 saturated heterocycles. The molecule has 1 fully saturated rings. The summed E-state index contributed by atoms with van der Waals surface area (Å²) in [6, 6.07) is 19.8. The molecule has 1 aliphatic rings. The van der Waals surface area contributed by atoms with Crippen molar-refractivity contribution in [3.8, 4) is 5.75 Å². The normalized spacial score (nSPS) is 25.9. The second-order valence-corrected chi connectivity index (χ2v) is 9.59. The van der Waals surface area contributed by atoms with Crippen molar-refractivity contribution in [3.05, 3.63) is 78.0 Å². The Hall–Kier alpha value is -3.47.